The Kier molecular flexibility index (Phi) is 10.2. The first kappa shape index (κ1) is 30.7. The standard InChI is InChI=1S/C34H25Cl2N3O4S/c35-28-18-15-25(20-29(28)36)38-34(42)31(22-8-3-1-4-9-22)44-27-16-13-24(14-17-27)37-33(41)30(21-26-12-7-19-43-26)39-32(40)23-10-5-2-6-11-23/h1-21,31H,(H,37,41)(H,38,42)(H,39,40)/b30-21-. The Morgan fingerprint density at radius 1 is 0.727 bits per heavy atom. The largest absolute Gasteiger partial charge is 0.465 e. The summed E-state index contributed by atoms with van der Waals surface area (Å²) in [5.74, 6) is -0.800. The van der Waals surface area contributed by atoms with E-state index in [1.807, 2.05) is 30.3 Å². The van der Waals surface area contributed by atoms with Crippen LogP contribution < -0.4 is 16.0 Å². The van der Waals surface area contributed by atoms with Gasteiger partial charge in [-0.05, 0) is 72.3 Å². The summed E-state index contributed by atoms with van der Waals surface area (Å²) >= 11 is 13.5. The molecule has 3 amide bonds. The van der Waals surface area contributed by atoms with Crippen molar-refractivity contribution in [2.45, 2.75) is 10.1 Å². The lowest BCUT2D eigenvalue weighted by molar-refractivity contribution is -0.116. The Morgan fingerprint density at radius 3 is 2.07 bits per heavy atom. The number of carbonyl (C=O) groups excluding carboxylic acids is 3. The van der Waals surface area contributed by atoms with E-state index in [0.717, 1.165) is 10.5 Å². The number of benzene rings is 4. The molecule has 0 bridgehead atoms. The molecule has 5 rings (SSSR count). The molecule has 1 heterocycles. The quantitative estimate of drug-likeness (QED) is 0.105. The Hall–Kier alpha value is -4.76. The number of nitrogens with one attached hydrogen (secondary N) is 3. The van der Waals surface area contributed by atoms with Crippen LogP contribution in [0.3, 0.4) is 0 Å². The minimum absolute atomic E-state index is 0.00960. The van der Waals surface area contributed by atoms with Gasteiger partial charge in [-0.25, -0.2) is 0 Å². The summed E-state index contributed by atoms with van der Waals surface area (Å²) < 4.78 is 5.35. The summed E-state index contributed by atoms with van der Waals surface area (Å²) in [4.78, 5) is 40.3. The van der Waals surface area contributed by atoms with E-state index in [1.165, 1.54) is 24.1 Å². The van der Waals surface area contributed by atoms with Crippen molar-refractivity contribution in [3.8, 4) is 0 Å². The number of amides is 3. The van der Waals surface area contributed by atoms with Crippen LogP contribution in [0.2, 0.25) is 10.0 Å². The van der Waals surface area contributed by atoms with Crippen molar-refractivity contribution in [2.24, 2.45) is 0 Å². The molecule has 10 heteroatoms. The van der Waals surface area contributed by atoms with Crippen LogP contribution >= 0.6 is 35.0 Å². The fourth-order valence-corrected chi connectivity index (χ4v) is 5.41. The SMILES string of the molecule is O=C(Nc1ccc(SC(C(=O)Nc2ccc(Cl)c(Cl)c2)c2ccccc2)cc1)/C(=C/c1ccco1)NC(=O)c1ccccc1. The van der Waals surface area contributed by atoms with E-state index in [4.69, 9.17) is 27.6 Å². The van der Waals surface area contributed by atoms with Crippen molar-refractivity contribution in [1.29, 1.82) is 0 Å². The molecule has 5 aromatic rings. The van der Waals surface area contributed by atoms with E-state index in [9.17, 15) is 14.4 Å². The molecule has 44 heavy (non-hydrogen) atoms. The lowest BCUT2D eigenvalue weighted by Crippen LogP contribution is -2.30. The Bertz CT molecular complexity index is 1780. The zero-order chi connectivity index (χ0) is 30.9. The maximum atomic E-state index is 13.4. The van der Waals surface area contributed by atoms with Gasteiger partial charge in [-0.3, -0.25) is 14.4 Å². The van der Waals surface area contributed by atoms with E-state index in [-0.39, 0.29) is 11.6 Å². The highest BCUT2D eigenvalue weighted by Gasteiger charge is 2.23. The third-order valence-corrected chi connectivity index (χ3v) is 8.26. The van der Waals surface area contributed by atoms with Crippen molar-refractivity contribution in [2.75, 3.05) is 10.6 Å². The second-order valence-corrected chi connectivity index (χ2v) is 11.4. The molecule has 0 aliphatic heterocycles. The summed E-state index contributed by atoms with van der Waals surface area (Å²) in [7, 11) is 0. The molecule has 0 radical (unpaired) electrons. The fourth-order valence-electron chi connectivity index (χ4n) is 4.09. The second-order valence-electron chi connectivity index (χ2n) is 9.40. The first-order valence-corrected chi connectivity index (χ1v) is 15.0. The summed E-state index contributed by atoms with van der Waals surface area (Å²) in [5, 5.41) is 8.56. The topological polar surface area (TPSA) is 100 Å². The van der Waals surface area contributed by atoms with Crippen LogP contribution in [0, 0.1) is 0 Å². The van der Waals surface area contributed by atoms with E-state index < -0.39 is 17.1 Å². The number of thioether (sulfide) groups is 1. The van der Waals surface area contributed by atoms with Crippen LogP contribution in [0.1, 0.15) is 26.9 Å². The van der Waals surface area contributed by atoms with Crippen molar-refractivity contribution in [3.63, 3.8) is 0 Å². The minimum atomic E-state index is -0.581. The molecule has 0 saturated carbocycles. The molecule has 0 spiro atoms. The van der Waals surface area contributed by atoms with E-state index in [0.29, 0.717) is 32.7 Å². The highest BCUT2D eigenvalue weighted by atomic mass is 35.5. The zero-order valence-electron chi connectivity index (χ0n) is 23.0. The summed E-state index contributed by atoms with van der Waals surface area (Å²) in [6.45, 7) is 0. The summed E-state index contributed by atoms with van der Waals surface area (Å²) in [5.41, 5.74) is 2.25. The van der Waals surface area contributed by atoms with Gasteiger partial charge in [0.05, 0.1) is 16.3 Å². The highest BCUT2D eigenvalue weighted by Crippen LogP contribution is 2.37. The third-order valence-electron chi connectivity index (χ3n) is 6.25. The molecule has 0 aliphatic carbocycles. The third kappa shape index (κ3) is 8.20. The first-order chi connectivity index (χ1) is 21.4. The zero-order valence-corrected chi connectivity index (χ0v) is 25.3. The molecule has 0 fully saturated rings. The van der Waals surface area contributed by atoms with Gasteiger partial charge in [0.2, 0.25) is 5.91 Å². The molecule has 0 saturated heterocycles. The van der Waals surface area contributed by atoms with Gasteiger partial charge in [0, 0.05) is 27.9 Å². The molecule has 3 N–H and O–H groups in total. The van der Waals surface area contributed by atoms with Crippen molar-refractivity contribution in [3.05, 3.63) is 154 Å². The number of hydrogen-bond donors (Lipinski definition) is 3. The van der Waals surface area contributed by atoms with Gasteiger partial charge in [0.1, 0.15) is 16.7 Å². The van der Waals surface area contributed by atoms with E-state index in [1.54, 1.807) is 84.9 Å². The number of anilines is 2. The molecule has 220 valence electrons. The molecular formula is C34H25Cl2N3O4S. The van der Waals surface area contributed by atoms with Gasteiger partial charge in [-0.15, -0.1) is 11.8 Å². The Labute approximate surface area is 268 Å². The smallest absolute Gasteiger partial charge is 0.272 e. The molecule has 4 aromatic carbocycles. The van der Waals surface area contributed by atoms with Crippen molar-refractivity contribution >= 4 is 70.1 Å². The predicted molar refractivity (Wildman–Crippen MR) is 176 cm³/mol. The van der Waals surface area contributed by atoms with Gasteiger partial charge in [-0.1, -0.05) is 71.7 Å². The van der Waals surface area contributed by atoms with Gasteiger partial charge in [0.25, 0.3) is 11.8 Å². The molecule has 7 nitrogen and oxygen atoms in total. The number of hydrogen-bond acceptors (Lipinski definition) is 5. The molecule has 1 atom stereocenters. The Morgan fingerprint density at radius 2 is 1.41 bits per heavy atom. The number of carbonyl (C=O) groups is 3. The minimum Gasteiger partial charge on any atom is -0.465 e. The maximum absolute atomic E-state index is 13.4. The Balaban J connectivity index is 1.30. The summed E-state index contributed by atoms with van der Waals surface area (Å²) in [6, 6.07) is 33.3. The average molecular weight is 643 g/mol. The van der Waals surface area contributed by atoms with Gasteiger partial charge >= 0.3 is 0 Å². The van der Waals surface area contributed by atoms with E-state index in [2.05, 4.69) is 16.0 Å². The number of rotatable bonds is 10. The van der Waals surface area contributed by atoms with Gasteiger partial charge in [-0.2, -0.15) is 0 Å². The molecular weight excluding hydrogens is 617 g/mol. The fraction of sp³-hybridized carbons (Fsp3) is 0.0294. The molecule has 1 aromatic heterocycles. The van der Waals surface area contributed by atoms with E-state index >= 15 is 0 Å². The predicted octanol–water partition coefficient (Wildman–Crippen LogP) is 8.47. The molecule has 1 unspecified atom stereocenters. The average Bonchev–Trinajstić information content (AvgIpc) is 3.56. The first-order valence-electron chi connectivity index (χ1n) is 13.4. The van der Waals surface area contributed by atoms with Crippen molar-refractivity contribution in [1.82, 2.24) is 5.32 Å². The highest BCUT2D eigenvalue weighted by molar-refractivity contribution is 8.00. The lowest BCUT2D eigenvalue weighted by atomic mass is 10.1. The number of furan rings is 1. The van der Waals surface area contributed by atoms with Crippen LogP contribution in [0.15, 0.2) is 137 Å². The van der Waals surface area contributed by atoms with Crippen LogP contribution in [-0.4, -0.2) is 17.7 Å². The van der Waals surface area contributed by atoms with Crippen LogP contribution in [0.5, 0.6) is 0 Å². The number of halogens is 2. The van der Waals surface area contributed by atoms with Crippen LogP contribution in [0.25, 0.3) is 6.08 Å². The molecule has 0 aliphatic rings. The van der Waals surface area contributed by atoms with Crippen LogP contribution in [0.4, 0.5) is 11.4 Å². The normalized spacial score (nSPS) is 11.8. The maximum Gasteiger partial charge on any atom is 0.272 e. The monoisotopic (exact) mass is 641 g/mol. The second kappa shape index (κ2) is 14.6. The van der Waals surface area contributed by atoms with Gasteiger partial charge < -0.3 is 20.4 Å². The van der Waals surface area contributed by atoms with Crippen molar-refractivity contribution < 1.29 is 18.8 Å². The summed E-state index contributed by atoms with van der Waals surface area (Å²) in [6.07, 6.45) is 2.93. The van der Waals surface area contributed by atoms with Crippen LogP contribution in [-0.2, 0) is 9.59 Å². The lowest BCUT2D eigenvalue weighted by Gasteiger charge is -2.18. The van der Waals surface area contributed by atoms with Gasteiger partial charge in [0.15, 0.2) is 0 Å².